The Kier molecular flexibility index (Phi) is 7.63. The van der Waals surface area contributed by atoms with Gasteiger partial charge in [0.05, 0.1) is 29.4 Å². The third-order valence-corrected chi connectivity index (χ3v) is 5.55. The van der Waals surface area contributed by atoms with Crippen LogP contribution in [0, 0.1) is 0 Å². The summed E-state index contributed by atoms with van der Waals surface area (Å²) in [5, 5.41) is 3.08. The van der Waals surface area contributed by atoms with Crippen LogP contribution >= 0.6 is 11.6 Å². The summed E-state index contributed by atoms with van der Waals surface area (Å²) in [4.78, 5) is 29.9. The fourth-order valence-corrected chi connectivity index (χ4v) is 3.59. The monoisotopic (exact) mass is 468 g/mol. The maximum Gasteiger partial charge on any atom is 0.416 e. The summed E-state index contributed by atoms with van der Waals surface area (Å²) in [6.45, 7) is 2.08. The van der Waals surface area contributed by atoms with Gasteiger partial charge in [-0.2, -0.15) is 13.2 Å². The van der Waals surface area contributed by atoms with Gasteiger partial charge in [0.25, 0.3) is 0 Å². The maximum atomic E-state index is 12.9. The van der Waals surface area contributed by atoms with Gasteiger partial charge in [-0.1, -0.05) is 29.8 Å². The van der Waals surface area contributed by atoms with E-state index in [-0.39, 0.29) is 24.9 Å². The molecule has 1 N–H and O–H groups in total. The molecule has 1 aliphatic heterocycles. The van der Waals surface area contributed by atoms with Crippen molar-refractivity contribution in [2.75, 3.05) is 56.5 Å². The number of nitrogens with zero attached hydrogens (tertiary/aromatic N) is 3. The number of nitrogens with one attached hydrogen (secondary N) is 1. The Balaban J connectivity index is 1.47. The first-order valence-corrected chi connectivity index (χ1v) is 10.4. The molecule has 6 nitrogen and oxygen atoms in total. The second-order valence-corrected chi connectivity index (χ2v) is 8.00. The van der Waals surface area contributed by atoms with Gasteiger partial charge in [0.1, 0.15) is 0 Å². The average Bonchev–Trinajstić information content (AvgIpc) is 2.75. The van der Waals surface area contributed by atoms with Gasteiger partial charge in [0.15, 0.2) is 0 Å². The van der Waals surface area contributed by atoms with Crippen LogP contribution in [0.5, 0.6) is 0 Å². The number of anilines is 2. The molecule has 3 rings (SSSR count). The van der Waals surface area contributed by atoms with Crippen molar-refractivity contribution < 1.29 is 22.8 Å². The molecule has 0 atom stereocenters. The molecule has 0 spiro atoms. The van der Waals surface area contributed by atoms with Crippen LogP contribution in [0.15, 0.2) is 48.5 Å². The zero-order valence-corrected chi connectivity index (χ0v) is 18.3. The molecule has 2 aromatic rings. The topological polar surface area (TPSA) is 55.9 Å². The van der Waals surface area contributed by atoms with E-state index in [1.807, 2.05) is 9.80 Å². The fourth-order valence-electron chi connectivity index (χ4n) is 3.41. The fraction of sp³-hybridized carbons (Fsp3) is 0.364. The van der Waals surface area contributed by atoms with Crippen molar-refractivity contribution >= 4 is 34.8 Å². The summed E-state index contributed by atoms with van der Waals surface area (Å²) in [6.07, 6.45) is -4.38. The zero-order valence-electron chi connectivity index (χ0n) is 17.5. The van der Waals surface area contributed by atoms with E-state index in [1.165, 1.54) is 11.0 Å². The van der Waals surface area contributed by atoms with Crippen molar-refractivity contribution in [3.8, 4) is 0 Å². The number of hydrogen-bond acceptors (Lipinski definition) is 4. The normalized spacial score (nSPS) is 14.8. The summed E-state index contributed by atoms with van der Waals surface area (Å²) >= 11 is 6.02. The molecule has 1 fully saturated rings. The summed E-state index contributed by atoms with van der Waals surface area (Å²) in [5.74, 6) is -0.574. The molecule has 0 aromatic heterocycles. The maximum absolute atomic E-state index is 12.9. The molecular formula is C22H24ClF3N4O2. The molecule has 1 saturated heterocycles. The lowest BCUT2D eigenvalue weighted by Gasteiger charge is -2.36. The predicted molar refractivity (Wildman–Crippen MR) is 118 cm³/mol. The summed E-state index contributed by atoms with van der Waals surface area (Å²) in [5.41, 5.74) is 0.314. The van der Waals surface area contributed by atoms with Gasteiger partial charge in [-0.15, -0.1) is 0 Å². The van der Waals surface area contributed by atoms with Crippen molar-refractivity contribution in [1.82, 2.24) is 9.80 Å². The minimum absolute atomic E-state index is 0.117. The van der Waals surface area contributed by atoms with Crippen molar-refractivity contribution in [3.05, 3.63) is 59.1 Å². The first-order valence-electron chi connectivity index (χ1n) is 10.1. The Bertz CT molecular complexity index is 962. The van der Waals surface area contributed by atoms with Crippen molar-refractivity contribution in [2.24, 2.45) is 0 Å². The lowest BCUT2D eigenvalue weighted by molar-refractivity contribution is -0.137. The Labute approximate surface area is 189 Å². The van der Waals surface area contributed by atoms with Gasteiger partial charge >= 0.3 is 6.18 Å². The van der Waals surface area contributed by atoms with Gasteiger partial charge in [-0.3, -0.25) is 14.5 Å². The van der Waals surface area contributed by atoms with Gasteiger partial charge < -0.3 is 15.1 Å². The average molecular weight is 469 g/mol. The van der Waals surface area contributed by atoms with Gasteiger partial charge in [-0.05, 0) is 30.3 Å². The first kappa shape index (κ1) is 23.9. The molecular weight excluding hydrogens is 445 g/mol. The van der Waals surface area contributed by atoms with Gasteiger partial charge in [-0.25, -0.2) is 0 Å². The molecule has 1 aliphatic rings. The number of likely N-dealkylation sites (N-methyl/N-ethyl adjacent to an activating group) is 1. The van der Waals surface area contributed by atoms with E-state index in [9.17, 15) is 22.8 Å². The second kappa shape index (κ2) is 10.2. The van der Waals surface area contributed by atoms with Crippen molar-refractivity contribution in [2.45, 2.75) is 6.18 Å². The summed E-state index contributed by atoms with van der Waals surface area (Å²) in [7, 11) is 1.55. The van der Waals surface area contributed by atoms with Crippen LogP contribution in [0.1, 0.15) is 5.56 Å². The van der Waals surface area contributed by atoms with Crippen LogP contribution in [-0.4, -0.2) is 67.9 Å². The van der Waals surface area contributed by atoms with Crippen LogP contribution < -0.4 is 10.2 Å². The highest BCUT2D eigenvalue weighted by atomic mass is 35.5. The van der Waals surface area contributed by atoms with Crippen LogP contribution in [0.3, 0.4) is 0 Å². The molecule has 0 bridgehead atoms. The SMILES string of the molecule is CN(CC(=O)Nc1ccccc1Cl)C(=O)CN1CCN(c2cccc(C(F)(F)F)c2)CC1. The van der Waals surface area contributed by atoms with Crippen LogP contribution in [0.4, 0.5) is 24.5 Å². The number of para-hydroxylation sites is 1. The number of hydrogen-bond donors (Lipinski definition) is 1. The minimum atomic E-state index is -4.38. The Morgan fingerprint density at radius 3 is 2.41 bits per heavy atom. The number of carbonyl (C=O) groups is 2. The largest absolute Gasteiger partial charge is 0.416 e. The molecule has 32 heavy (non-hydrogen) atoms. The van der Waals surface area contributed by atoms with E-state index in [0.717, 1.165) is 12.1 Å². The van der Waals surface area contributed by atoms with Crippen LogP contribution in [-0.2, 0) is 15.8 Å². The molecule has 0 aliphatic carbocycles. The molecule has 10 heteroatoms. The molecule has 0 saturated carbocycles. The van der Waals surface area contributed by atoms with Crippen LogP contribution in [0.25, 0.3) is 0 Å². The van der Waals surface area contributed by atoms with E-state index in [4.69, 9.17) is 11.6 Å². The van der Waals surface area contributed by atoms with Crippen molar-refractivity contribution in [3.63, 3.8) is 0 Å². The lowest BCUT2D eigenvalue weighted by Crippen LogP contribution is -2.50. The Morgan fingerprint density at radius 1 is 1.06 bits per heavy atom. The Morgan fingerprint density at radius 2 is 1.75 bits per heavy atom. The Hall–Kier alpha value is -2.78. The first-order chi connectivity index (χ1) is 15.1. The number of rotatable bonds is 6. The van der Waals surface area contributed by atoms with E-state index in [2.05, 4.69) is 5.32 Å². The highest BCUT2D eigenvalue weighted by Crippen LogP contribution is 2.31. The molecule has 172 valence electrons. The smallest absolute Gasteiger partial charge is 0.369 e. The number of benzene rings is 2. The van der Waals surface area contributed by atoms with Crippen LogP contribution in [0.2, 0.25) is 5.02 Å². The molecule has 1 heterocycles. The summed E-state index contributed by atoms with van der Waals surface area (Å²) < 4.78 is 38.8. The number of piperazine rings is 1. The molecule has 2 amide bonds. The van der Waals surface area contributed by atoms with E-state index in [1.54, 1.807) is 37.4 Å². The second-order valence-electron chi connectivity index (χ2n) is 7.59. The quantitative estimate of drug-likeness (QED) is 0.704. The standard InChI is InChI=1S/C22H24ClF3N4O2/c1-28(14-20(31)27-19-8-3-2-7-18(19)23)21(32)15-29-9-11-30(12-10-29)17-6-4-5-16(13-17)22(24,25)26/h2-8,13H,9-12,14-15H2,1H3,(H,27,31). The van der Waals surface area contributed by atoms with E-state index < -0.39 is 11.7 Å². The predicted octanol–water partition coefficient (Wildman–Crippen LogP) is 3.58. The van der Waals surface area contributed by atoms with Gasteiger partial charge in [0.2, 0.25) is 11.8 Å². The highest BCUT2D eigenvalue weighted by Gasteiger charge is 2.31. The number of alkyl halides is 3. The third kappa shape index (κ3) is 6.37. The third-order valence-electron chi connectivity index (χ3n) is 5.22. The number of amides is 2. The zero-order chi connectivity index (χ0) is 23.3. The number of halogens is 4. The minimum Gasteiger partial charge on any atom is -0.369 e. The lowest BCUT2D eigenvalue weighted by atomic mass is 10.1. The van der Waals surface area contributed by atoms with Crippen molar-refractivity contribution in [1.29, 1.82) is 0 Å². The van der Waals surface area contributed by atoms with Gasteiger partial charge in [0, 0.05) is 38.9 Å². The summed E-state index contributed by atoms with van der Waals surface area (Å²) in [6, 6.07) is 12.1. The van der Waals surface area contributed by atoms with E-state index in [0.29, 0.717) is 42.6 Å². The molecule has 2 aromatic carbocycles. The molecule has 0 radical (unpaired) electrons. The molecule has 0 unspecified atom stereocenters. The number of carbonyl (C=O) groups excluding carboxylic acids is 2. The van der Waals surface area contributed by atoms with E-state index >= 15 is 0 Å². The highest BCUT2D eigenvalue weighted by molar-refractivity contribution is 6.33.